The van der Waals surface area contributed by atoms with Gasteiger partial charge in [0.1, 0.15) is 5.65 Å². The Hall–Kier alpha value is -3.19. The maximum atomic E-state index is 12.0. The van der Waals surface area contributed by atoms with E-state index in [2.05, 4.69) is 9.97 Å². The van der Waals surface area contributed by atoms with Gasteiger partial charge in [-0.25, -0.2) is 18.2 Å². The Balaban J connectivity index is 2.14. The Bertz CT molecular complexity index is 1340. The van der Waals surface area contributed by atoms with E-state index in [4.69, 9.17) is 0 Å². The van der Waals surface area contributed by atoms with Crippen LogP contribution in [0.25, 0.3) is 33.1 Å². The first-order chi connectivity index (χ1) is 12.7. The summed E-state index contributed by atoms with van der Waals surface area (Å²) in [4.78, 5) is 19.3. The van der Waals surface area contributed by atoms with Gasteiger partial charge in [0, 0.05) is 28.7 Å². The van der Waals surface area contributed by atoms with E-state index in [1.807, 2.05) is 13.0 Å². The van der Waals surface area contributed by atoms with Gasteiger partial charge in [0.05, 0.1) is 10.5 Å². The summed E-state index contributed by atoms with van der Waals surface area (Å²) < 4.78 is 23.9. The van der Waals surface area contributed by atoms with Crippen molar-refractivity contribution in [2.45, 2.75) is 11.8 Å². The number of benzene rings is 2. The van der Waals surface area contributed by atoms with Crippen molar-refractivity contribution in [1.82, 2.24) is 9.97 Å². The molecule has 0 aliphatic rings. The number of carbonyl (C=O) groups is 1. The van der Waals surface area contributed by atoms with E-state index < -0.39 is 15.8 Å². The predicted octanol–water partition coefficient (Wildman–Crippen LogP) is 3.79. The Morgan fingerprint density at radius 3 is 2.63 bits per heavy atom. The Labute approximate surface area is 155 Å². The number of fused-ring (bicyclic) bond motifs is 3. The number of carboxylic acids is 1. The molecule has 4 aromatic rings. The largest absolute Gasteiger partial charge is 0.478 e. The number of aromatic amines is 1. The first-order valence-corrected chi connectivity index (χ1v) is 10.1. The smallest absolute Gasteiger partial charge is 0.335 e. The lowest BCUT2D eigenvalue weighted by Gasteiger charge is -2.08. The highest BCUT2D eigenvalue weighted by Gasteiger charge is 2.17. The van der Waals surface area contributed by atoms with Crippen LogP contribution in [0.5, 0.6) is 0 Å². The van der Waals surface area contributed by atoms with Gasteiger partial charge in [0.25, 0.3) is 0 Å². The summed E-state index contributed by atoms with van der Waals surface area (Å²) >= 11 is 0. The third kappa shape index (κ3) is 2.96. The van der Waals surface area contributed by atoms with E-state index in [0.29, 0.717) is 22.3 Å². The number of hydrogen-bond acceptors (Lipinski definition) is 4. The molecule has 2 N–H and O–H groups in total. The number of pyridine rings is 1. The number of H-pyrrole nitrogens is 1. The van der Waals surface area contributed by atoms with Gasteiger partial charge in [0.2, 0.25) is 0 Å². The zero-order valence-electron chi connectivity index (χ0n) is 14.6. The lowest BCUT2D eigenvalue weighted by molar-refractivity contribution is 0.0697. The number of sulfone groups is 1. The average Bonchev–Trinajstić information content (AvgIpc) is 2.98. The Morgan fingerprint density at radius 2 is 1.93 bits per heavy atom. The minimum Gasteiger partial charge on any atom is -0.478 e. The van der Waals surface area contributed by atoms with Crippen molar-refractivity contribution in [1.29, 1.82) is 0 Å². The fourth-order valence-corrected chi connectivity index (χ4v) is 3.93. The monoisotopic (exact) mass is 380 g/mol. The van der Waals surface area contributed by atoms with E-state index >= 15 is 0 Å². The van der Waals surface area contributed by atoms with Crippen LogP contribution in [0.1, 0.15) is 15.9 Å². The van der Waals surface area contributed by atoms with E-state index in [9.17, 15) is 18.3 Å². The average molecular weight is 380 g/mol. The van der Waals surface area contributed by atoms with Crippen LogP contribution in [0.2, 0.25) is 0 Å². The molecule has 136 valence electrons. The number of nitrogens with zero attached hydrogens (tertiary/aromatic N) is 1. The summed E-state index contributed by atoms with van der Waals surface area (Å²) in [5, 5.41) is 11.2. The zero-order valence-corrected chi connectivity index (χ0v) is 15.5. The van der Waals surface area contributed by atoms with Crippen molar-refractivity contribution in [3.8, 4) is 11.1 Å². The fourth-order valence-electron chi connectivity index (χ4n) is 3.26. The molecule has 6 nitrogen and oxygen atoms in total. The van der Waals surface area contributed by atoms with Gasteiger partial charge in [-0.15, -0.1) is 0 Å². The van der Waals surface area contributed by atoms with Crippen molar-refractivity contribution in [2.75, 3.05) is 6.26 Å². The molecule has 0 saturated carbocycles. The van der Waals surface area contributed by atoms with Crippen LogP contribution in [-0.2, 0) is 9.84 Å². The predicted molar refractivity (Wildman–Crippen MR) is 104 cm³/mol. The number of carboxylic acid groups (broad SMARTS) is 1. The van der Waals surface area contributed by atoms with Gasteiger partial charge in [-0.3, -0.25) is 0 Å². The van der Waals surface area contributed by atoms with Gasteiger partial charge in [-0.05, 0) is 53.9 Å². The zero-order chi connectivity index (χ0) is 19.3. The molecule has 2 aromatic carbocycles. The lowest BCUT2D eigenvalue weighted by atomic mass is 9.97. The minimum absolute atomic E-state index is 0.116. The molecule has 4 rings (SSSR count). The van der Waals surface area contributed by atoms with Crippen molar-refractivity contribution in [3.05, 3.63) is 59.8 Å². The Kier molecular flexibility index (Phi) is 3.78. The molecule has 27 heavy (non-hydrogen) atoms. The van der Waals surface area contributed by atoms with Crippen molar-refractivity contribution >= 4 is 37.7 Å². The molecular formula is C20H16N2O4S. The third-order valence-corrected chi connectivity index (χ3v) is 5.62. The first kappa shape index (κ1) is 17.2. The molecular weight excluding hydrogens is 364 g/mol. The van der Waals surface area contributed by atoms with Crippen LogP contribution in [0, 0.1) is 6.92 Å². The van der Waals surface area contributed by atoms with Crippen molar-refractivity contribution in [3.63, 3.8) is 0 Å². The molecule has 0 radical (unpaired) electrons. The van der Waals surface area contributed by atoms with Crippen LogP contribution in [0.15, 0.2) is 53.6 Å². The second-order valence-corrected chi connectivity index (χ2v) is 8.60. The maximum Gasteiger partial charge on any atom is 0.335 e. The van der Waals surface area contributed by atoms with Crippen molar-refractivity contribution < 1.29 is 18.3 Å². The maximum absolute atomic E-state index is 12.0. The molecule has 0 aliphatic heterocycles. The van der Waals surface area contributed by atoms with E-state index in [1.165, 1.54) is 6.07 Å². The third-order valence-electron chi connectivity index (χ3n) is 4.51. The van der Waals surface area contributed by atoms with Gasteiger partial charge < -0.3 is 10.1 Å². The molecule has 0 bridgehead atoms. The van der Waals surface area contributed by atoms with E-state index in [0.717, 1.165) is 22.6 Å². The molecule has 7 heteroatoms. The number of aryl methyl sites for hydroxylation is 1. The number of aromatic carboxylic acids is 1. The summed E-state index contributed by atoms with van der Waals surface area (Å²) in [5.74, 6) is -1.06. The molecule has 0 aliphatic carbocycles. The Morgan fingerprint density at radius 1 is 1.15 bits per heavy atom. The second-order valence-electron chi connectivity index (χ2n) is 6.59. The second kappa shape index (κ2) is 5.92. The fraction of sp³-hybridized carbons (Fsp3) is 0.100. The highest BCUT2D eigenvalue weighted by atomic mass is 32.2. The normalized spacial score (nSPS) is 11.9. The number of rotatable bonds is 3. The molecule has 0 unspecified atom stereocenters. The number of hydrogen-bond donors (Lipinski definition) is 2. The van der Waals surface area contributed by atoms with Gasteiger partial charge in [-0.1, -0.05) is 12.1 Å². The van der Waals surface area contributed by atoms with Crippen LogP contribution in [0.3, 0.4) is 0 Å². The van der Waals surface area contributed by atoms with Gasteiger partial charge in [-0.2, -0.15) is 0 Å². The molecule has 2 aromatic heterocycles. The van der Waals surface area contributed by atoms with E-state index in [-0.39, 0.29) is 10.5 Å². The molecule has 0 fully saturated rings. The molecule has 2 heterocycles. The van der Waals surface area contributed by atoms with Gasteiger partial charge >= 0.3 is 5.97 Å². The molecule has 0 saturated heterocycles. The summed E-state index contributed by atoms with van der Waals surface area (Å²) in [6, 6.07) is 11.6. The quantitative estimate of drug-likeness (QED) is 0.563. The van der Waals surface area contributed by atoms with E-state index in [1.54, 1.807) is 36.5 Å². The SMILES string of the molecule is Cc1cnc2[nH]c3cc(C(=O)O)cc(-c4cccc(S(C)(=O)=O)c4)c3c2c1. The molecule has 0 spiro atoms. The summed E-state index contributed by atoms with van der Waals surface area (Å²) in [6.45, 7) is 1.93. The van der Waals surface area contributed by atoms with Crippen LogP contribution in [0.4, 0.5) is 0 Å². The highest BCUT2D eigenvalue weighted by Crippen LogP contribution is 2.36. The summed E-state index contributed by atoms with van der Waals surface area (Å²) in [5.41, 5.74) is 3.66. The van der Waals surface area contributed by atoms with Crippen LogP contribution < -0.4 is 0 Å². The van der Waals surface area contributed by atoms with Gasteiger partial charge in [0.15, 0.2) is 9.84 Å². The summed E-state index contributed by atoms with van der Waals surface area (Å²) in [7, 11) is -3.39. The van der Waals surface area contributed by atoms with Crippen LogP contribution in [-0.4, -0.2) is 35.7 Å². The number of aromatic nitrogens is 2. The minimum atomic E-state index is -3.39. The number of nitrogens with one attached hydrogen (secondary N) is 1. The lowest BCUT2D eigenvalue weighted by Crippen LogP contribution is -1.99. The van der Waals surface area contributed by atoms with Crippen LogP contribution >= 0.6 is 0 Å². The standard InChI is InChI=1S/C20H16N2O4S/c1-11-6-16-18-15(12-4-3-5-14(7-12)27(2,25)26)8-13(20(23)24)9-17(18)22-19(16)21-10-11/h3-10H,1-2H3,(H,21,22)(H,23,24). The summed E-state index contributed by atoms with van der Waals surface area (Å²) in [6.07, 6.45) is 2.88. The highest BCUT2D eigenvalue weighted by molar-refractivity contribution is 7.90. The first-order valence-electron chi connectivity index (χ1n) is 8.20. The topological polar surface area (TPSA) is 100 Å². The molecule has 0 amide bonds. The van der Waals surface area contributed by atoms with Crippen molar-refractivity contribution in [2.24, 2.45) is 0 Å². The molecule has 0 atom stereocenters.